The van der Waals surface area contributed by atoms with E-state index in [1.165, 1.54) is 11.5 Å². The van der Waals surface area contributed by atoms with Gasteiger partial charge in [-0.05, 0) is 33.2 Å². The average Bonchev–Trinajstić information content (AvgIpc) is 2.54. The van der Waals surface area contributed by atoms with E-state index < -0.39 is 5.60 Å². The van der Waals surface area contributed by atoms with Gasteiger partial charge in [-0.2, -0.15) is 0 Å². The molecule has 98 valence electrons. The summed E-state index contributed by atoms with van der Waals surface area (Å²) >= 11 is 1.40. The van der Waals surface area contributed by atoms with Gasteiger partial charge in [0.1, 0.15) is 0 Å². The fourth-order valence-electron chi connectivity index (χ4n) is 2.16. The number of likely N-dealkylation sites (N-methyl/N-ethyl adjacent to an activating group) is 1. The van der Waals surface area contributed by atoms with Gasteiger partial charge in [0.05, 0.1) is 22.2 Å². The fourth-order valence-corrected chi connectivity index (χ4v) is 3.32. The third-order valence-corrected chi connectivity index (χ3v) is 3.76. The van der Waals surface area contributed by atoms with Crippen molar-refractivity contribution in [1.29, 1.82) is 0 Å². The number of hydrogen-bond donors (Lipinski definition) is 1. The number of nitrogens with zero attached hydrogens (tertiary/aromatic N) is 2. The van der Waals surface area contributed by atoms with Gasteiger partial charge in [0.25, 0.3) is 5.56 Å². The Bertz CT molecular complexity index is 598. The summed E-state index contributed by atoms with van der Waals surface area (Å²) in [6.07, 6.45) is 0. The van der Waals surface area contributed by atoms with E-state index in [4.69, 9.17) is 0 Å². The van der Waals surface area contributed by atoms with Crippen LogP contribution in [-0.4, -0.2) is 40.2 Å². The summed E-state index contributed by atoms with van der Waals surface area (Å²) in [6, 6.07) is 7.53. The zero-order valence-corrected chi connectivity index (χ0v) is 11.7. The highest BCUT2D eigenvalue weighted by molar-refractivity contribution is 7.13. The Kier molecular flexibility index (Phi) is 3.56. The van der Waals surface area contributed by atoms with Crippen LogP contribution in [0.4, 0.5) is 0 Å². The molecule has 5 heteroatoms. The van der Waals surface area contributed by atoms with Gasteiger partial charge in [0, 0.05) is 6.54 Å². The van der Waals surface area contributed by atoms with Crippen LogP contribution in [0.25, 0.3) is 10.1 Å². The summed E-state index contributed by atoms with van der Waals surface area (Å²) in [7, 11) is 3.81. The highest BCUT2D eigenvalue weighted by Gasteiger charge is 2.23. The molecule has 2 rings (SSSR count). The van der Waals surface area contributed by atoms with Crippen LogP contribution in [-0.2, 0) is 6.54 Å². The van der Waals surface area contributed by atoms with E-state index in [2.05, 4.69) is 0 Å². The van der Waals surface area contributed by atoms with Crippen LogP contribution >= 0.6 is 11.5 Å². The summed E-state index contributed by atoms with van der Waals surface area (Å²) in [5.74, 6) is 0. The number of rotatable bonds is 4. The quantitative estimate of drug-likeness (QED) is 0.909. The van der Waals surface area contributed by atoms with Crippen molar-refractivity contribution in [3.05, 3.63) is 34.6 Å². The summed E-state index contributed by atoms with van der Waals surface area (Å²) in [5.41, 5.74) is -0.927. The molecule has 1 aromatic carbocycles. The Balaban J connectivity index is 2.32. The lowest BCUT2D eigenvalue weighted by Crippen LogP contribution is -2.42. The molecule has 0 spiro atoms. The Hall–Kier alpha value is -1.17. The van der Waals surface area contributed by atoms with E-state index in [0.717, 1.165) is 10.1 Å². The Morgan fingerprint density at radius 1 is 1.39 bits per heavy atom. The van der Waals surface area contributed by atoms with E-state index in [1.54, 1.807) is 10.9 Å². The number of aliphatic hydroxyl groups is 1. The molecule has 4 nitrogen and oxygen atoms in total. The smallest absolute Gasteiger partial charge is 0.268 e. The molecule has 0 aliphatic rings. The van der Waals surface area contributed by atoms with Crippen molar-refractivity contribution in [3.63, 3.8) is 0 Å². The zero-order valence-electron chi connectivity index (χ0n) is 10.9. The van der Waals surface area contributed by atoms with E-state index in [0.29, 0.717) is 13.1 Å². The van der Waals surface area contributed by atoms with Gasteiger partial charge in [-0.3, -0.25) is 8.75 Å². The van der Waals surface area contributed by atoms with E-state index >= 15 is 0 Å². The first-order valence-electron chi connectivity index (χ1n) is 5.85. The van der Waals surface area contributed by atoms with Crippen LogP contribution in [0.3, 0.4) is 0 Å². The molecule has 0 bridgehead atoms. The molecule has 1 heterocycles. The summed E-state index contributed by atoms with van der Waals surface area (Å²) in [4.78, 5) is 14.1. The fraction of sp³-hybridized carbons (Fsp3) is 0.462. The first-order chi connectivity index (χ1) is 8.39. The molecule has 0 saturated heterocycles. The van der Waals surface area contributed by atoms with E-state index in [1.807, 2.05) is 43.3 Å². The lowest BCUT2D eigenvalue weighted by atomic mass is 10.1. The van der Waals surface area contributed by atoms with Gasteiger partial charge in [-0.1, -0.05) is 23.7 Å². The van der Waals surface area contributed by atoms with Gasteiger partial charge in [0.15, 0.2) is 0 Å². The Labute approximate surface area is 110 Å². The topological polar surface area (TPSA) is 45.5 Å². The lowest BCUT2D eigenvalue weighted by Gasteiger charge is -2.26. The van der Waals surface area contributed by atoms with Gasteiger partial charge in [0.2, 0.25) is 0 Å². The van der Waals surface area contributed by atoms with Crippen molar-refractivity contribution in [2.24, 2.45) is 0 Å². The zero-order chi connectivity index (χ0) is 13.3. The Morgan fingerprint density at radius 3 is 2.67 bits per heavy atom. The van der Waals surface area contributed by atoms with Gasteiger partial charge in [-0.15, -0.1) is 0 Å². The monoisotopic (exact) mass is 266 g/mol. The molecule has 1 unspecified atom stereocenters. The second kappa shape index (κ2) is 4.84. The minimum absolute atomic E-state index is 0.0189. The SMILES string of the molecule is CN(C)CC(C)(O)Cn1sc2ccccc2c1=O. The highest BCUT2D eigenvalue weighted by Crippen LogP contribution is 2.18. The standard InChI is InChI=1S/C13H18N2O2S/c1-13(17,8-14(2)3)9-15-12(16)10-6-4-5-7-11(10)18-15/h4-7,17H,8-9H2,1-3H3. The first-order valence-corrected chi connectivity index (χ1v) is 6.62. The van der Waals surface area contributed by atoms with Crippen LogP contribution in [0.15, 0.2) is 29.1 Å². The minimum atomic E-state index is -0.909. The molecule has 18 heavy (non-hydrogen) atoms. The van der Waals surface area contributed by atoms with Crippen molar-refractivity contribution in [3.8, 4) is 0 Å². The molecule has 2 aromatic rings. The largest absolute Gasteiger partial charge is 0.387 e. The van der Waals surface area contributed by atoms with Crippen molar-refractivity contribution in [1.82, 2.24) is 8.86 Å². The highest BCUT2D eigenvalue weighted by atomic mass is 32.1. The minimum Gasteiger partial charge on any atom is -0.387 e. The molecule has 0 saturated carbocycles. The summed E-state index contributed by atoms with van der Waals surface area (Å²) < 4.78 is 2.59. The average molecular weight is 266 g/mol. The van der Waals surface area contributed by atoms with Crippen LogP contribution in [0, 0.1) is 0 Å². The van der Waals surface area contributed by atoms with Crippen LogP contribution < -0.4 is 5.56 Å². The lowest BCUT2D eigenvalue weighted by molar-refractivity contribution is 0.0195. The van der Waals surface area contributed by atoms with Crippen LogP contribution in [0.1, 0.15) is 6.92 Å². The molecule has 0 radical (unpaired) electrons. The van der Waals surface area contributed by atoms with Crippen molar-refractivity contribution in [2.75, 3.05) is 20.6 Å². The second-order valence-electron chi connectivity index (χ2n) is 5.16. The van der Waals surface area contributed by atoms with Gasteiger partial charge >= 0.3 is 0 Å². The maximum Gasteiger partial charge on any atom is 0.268 e. The molecular weight excluding hydrogens is 248 g/mol. The Morgan fingerprint density at radius 2 is 2.06 bits per heavy atom. The van der Waals surface area contributed by atoms with E-state index in [9.17, 15) is 9.90 Å². The van der Waals surface area contributed by atoms with Gasteiger partial charge < -0.3 is 10.0 Å². The van der Waals surface area contributed by atoms with Gasteiger partial charge in [-0.25, -0.2) is 0 Å². The molecule has 0 aliphatic carbocycles. The number of fused-ring (bicyclic) bond motifs is 1. The van der Waals surface area contributed by atoms with Crippen molar-refractivity contribution >= 4 is 21.6 Å². The van der Waals surface area contributed by atoms with Crippen LogP contribution in [0.2, 0.25) is 0 Å². The third-order valence-electron chi connectivity index (χ3n) is 2.69. The molecule has 0 aliphatic heterocycles. The van der Waals surface area contributed by atoms with Crippen LogP contribution in [0.5, 0.6) is 0 Å². The first kappa shape index (κ1) is 13.3. The second-order valence-corrected chi connectivity index (χ2v) is 6.23. The summed E-state index contributed by atoms with van der Waals surface area (Å²) in [6.45, 7) is 2.60. The third kappa shape index (κ3) is 2.80. The molecular formula is C13H18N2O2S. The number of hydrogen-bond acceptors (Lipinski definition) is 4. The van der Waals surface area contributed by atoms with Crippen molar-refractivity contribution in [2.45, 2.75) is 19.1 Å². The number of benzene rings is 1. The normalized spacial score (nSPS) is 15.2. The molecule has 1 atom stereocenters. The van der Waals surface area contributed by atoms with Crippen molar-refractivity contribution < 1.29 is 5.11 Å². The predicted molar refractivity (Wildman–Crippen MR) is 75.3 cm³/mol. The summed E-state index contributed by atoms with van der Waals surface area (Å²) in [5, 5.41) is 11.0. The maximum absolute atomic E-state index is 12.1. The molecule has 0 amide bonds. The van der Waals surface area contributed by atoms with E-state index in [-0.39, 0.29) is 5.56 Å². The molecule has 0 fully saturated rings. The molecule has 1 N–H and O–H groups in total. The predicted octanol–water partition coefficient (Wildman–Crippen LogP) is 1.38. The molecule has 1 aromatic heterocycles. The maximum atomic E-state index is 12.1. The number of aromatic nitrogens is 1.